The van der Waals surface area contributed by atoms with Gasteiger partial charge in [-0.05, 0) is 69.6 Å². The van der Waals surface area contributed by atoms with Gasteiger partial charge >= 0.3 is 0 Å². The van der Waals surface area contributed by atoms with Crippen LogP contribution in [0.3, 0.4) is 0 Å². The first kappa shape index (κ1) is 21.5. The molecule has 4 nitrogen and oxygen atoms in total. The summed E-state index contributed by atoms with van der Waals surface area (Å²) < 4.78 is 39.9. The summed E-state index contributed by atoms with van der Waals surface area (Å²) in [6, 6.07) is 0. The molecule has 1 aliphatic heterocycles. The molecule has 5 rings (SSSR count). The van der Waals surface area contributed by atoms with Crippen molar-refractivity contribution in [2.45, 2.75) is 76.3 Å². The molecule has 0 spiro atoms. The van der Waals surface area contributed by atoms with E-state index in [4.69, 9.17) is 21.1 Å². The molecule has 0 N–H and O–H groups in total. The summed E-state index contributed by atoms with van der Waals surface area (Å²) in [5, 5.41) is -0.344. The van der Waals surface area contributed by atoms with Crippen molar-refractivity contribution in [2.24, 2.45) is 22.7 Å². The quantitative estimate of drug-likeness (QED) is 0.447. The number of allylic oxidation sites excluding steroid dienone is 6. The Balaban J connectivity index is 1.64. The third kappa shape index (κ3) is 2.58. The van der Waals surface area contributed by atoms with Crippen LogP contribution in [-0.2, 0) is 19.1 Å². The van der Waals surface area contributed by atoms with Gasteiger partial charge in [-0.3, -0.25) is 9.59 Å². The van der Waals surface area contributed by atoms with Crippen LogP contribution < -0.4 is 0 Å². The van der Waals surface area contributed by atoms with E-state index < -0.39 is 40.5 Å². The van der Waals surface area contributed by atoms with Gasteiger partial charge < -0.3 is 9.47 Å². The average Bonchev–Trinajstić information content (AvgIpc) is 3.08. The average molecular weight is 453 g/mol. The first-order chi connectivity index (χ1) is 14.4. The van der Waals surface area contributed by atoms with E-state index in [0.717, 1.165) is 11.1 Å². The molecule has 0 bridgehead atoms. The van der Waals surface area contributed by atoms with Gasteiger partial charge in [0.05, 0.1) is 11.5 Å². The minimum absolute atomic E-state index is 0.00971. The molecule has 4 aliphatic carbocycles. The molecule has 1 heterocycles. The van der Waals surface area contributed by atoms with Gasteiger partial charge in [-0.2, -0.15) is 0 Å². The van der Waals surface area contributed by atoms with Crippen molar-refractivity contribution in [2.75, 3.05) is 0 Å². The predicted molar refractivity (Wildman–Crippen MR) is 111 cm³/mol. The summed E-state index contributed by atoms with van der Waals surface area (Å²) in [5.41, 5.74) is -0.966. The fraction of sp³-hybridized carbons (Fsp3) is 0.667. The van der Waals surface area contributed by atoms with Gasteiger partial charge in [0.1, 0.15) is 0 Å². The van der Waals surface area contributed by atoms with E-state index in [1.54, 1.807) is 26.0 Å². The molecule has 0 aromatic carbocycles. The maximum atomic E-state index is 13.8. The number of carbonyl (C=O) groups excluding carboxylic acids is 2. The molecule has 31 heavy (non-hydrogen) atoms. The van der Waals surface area contributed by atoms with Crippen molar-refractivity contribution in [3.05, 3.63) is 35.5 Å². The fourth-order valence-corrected chi connectivity index (χ4v) is 7.72. The molecule has 0 radical (unpaired) electrons. The van der Waals surface area contributed by atoms with E-state index in [1.165, 1.54) is 0 Å². The first-order valence-corrected chi connectivity index (χ1v) is 11.3. The van der Waals surface area contributed by atoms with Crippen molar-refractivity contribution < 1.29 is 27.8 Å². The largest absolute Gasteiger partial charge is 0.344 e. The maximum Gasteiger partial charge on any atom is 0.299 e. The monoisotopic (exact) mass is 452 g/mol. The lowest BCUT2D eigenvalue weighted by Gasteiger charge is -2.55. The highest BCUT2D eigenvalue weighted by atomic mass is 35.5. The lowest BCUT2D eigenvalue weighted by Crippen LogP contribution is -2.60. The lowest BCUT2D eigenvalue weighted by molar-refractivity contribution is -0.209. The highest BCUT2D eigenvalue weighted by Crippen LogP contribution is 2.69. The van der Waals surface area contributed by atoms with Crippen molar-refractivity contribution in [3.8, 4) is 0 Å². The summed E-state index contributed by atoms with van der Waals surface area (Å²) in [6.07, 6.45) is 4.80. The highest BCUT2D eigenvalue weighted by molar-refractivity contribution is 6.23. The van der Waals surface area contributed by atoms with Gasteiger partial charge in [-0.25, -0.2) is 8.78 Å². The number of rotatable bonds is 2. The lowest BCUT2D eigenvalue weighted by atomic mass is 9.51. The smallest absolute Gasteiger partial charge is 0.299 e. The number of ketones is 2. The molecule has 7 heteroatoms. The number of halogens is 3. The molecule has 5 aliphatic rings. The number of fused-ring (bicyclic) bond motifs is 7. The summed E-state index contributed by atoms with van der Waals surface area (Å²) in [6.45, 7) is 7.30. The van der Waals surface area contributed by atoms with Gasteiger partial charge in [-0.15, -0.1) is 11.6 Å². The van der Waals surface area contributed by atoms with Crippen molar-refractivity contribution in [1.82, 2.24) is 0 Å². The van der Waals surface area contributed by atoms with Crippen molar-refractivity contribution >= 4 is 23.2 Å². The van der Waals surface area contributed by atoms with E-state index in [-0.39, 0.29) is 23.0 Å². The maximum absolute atomic E-state index is 13.8. The Morgan fingerprint density at radius 1 is 1.19 bits per heavy atom. The Morgan fingerprint density at radius 3 is 2.58 bits per heavy atom. The molecule has 7 atom stereocenters. The third-order valence-electron chi connectivity index (χ3n) is 8.49. The minimum Gasteiger partial charge on any atom is -0.344 e. The molecule has 0 aromatic rings. The predicted octanol–water partition coefficient (Wildman–Crippen LogP) is 4.77. The molecule has 0 amide bonds. The topological polar surface area (TPSA) is 52.6 Å². The zero-order valence-electron chi connectivity index (χ0n) is 18.1. The van der Waals surface area contributed by atoms with E-state index >= 15 is 0 Å². The Labute approximate surface area is 185 Å². The number of ether oxygens (including phenoxy) is 2. The van der Waals surface area contributed by atoms with Crippen LogP contribution in [0.5, 0.6) is 0 Å². The van der Waals surface area contributed by atoms with Crippen molar-refractivity contribution in [1.29, 1.82) is 0 Å². The number of alkyl halides is 3. The summed E-state index contributed by atoms with van der Waals surface area (Å²) in [4.78, 5) is 25.0. The van der Waals surface area contributed by atoms with Crippen LogP contribution in [-0.4, -0.2) is 40.9 Å². The second-order valence-electron chi connectivity index (χ2n) is 10.5. The van der Waals surface area contributed by atoms with Crippen LogP contribution in [0.1, 0.15) is 47.0 Å². The zero-order valence-corrected chi connectivity index (χ0v) is 18.8. The van der Waals surface area contributed by atoms with Gasteiger partial charge in [0.15, 0.2) is 17.2 Å². The second-order valence-corrected chi connectivity index (χ2v) is 11.0. The molecule has 1 saturated heterocycles. The number of hydrogen-bond donors (Lipinski definition) is 0. The van der Waals surface area contributed by atoms with Crippen molar-refractivity contribution in [3.63, 3.8) is 0 Å². The van der Waals surface area contributed by atoms with Crippen LogP contribution >= 0.6 is 11.6 Å². The second kappa shape index (κ2) is 6.36. The van der Waals surface area contributed by atoms with Crippen LogP contribution in [0.2, 0.25) is 0 Å². The fourth-order valence-electron chi connectivity index (χ4n) is 7.23. The first-order valence-electron chi connectivity index (χ1n) is 10.9. The highest BCUT2D eigenvalue weighted by Gasteiger charge is 2.76. The number of carbonyl (C=O) groups is 2. The molecule has 168 valence electrons. The van der Waals surface area contributed by atoms with E-state index in [2.05, 4.69) is 13.0 Å². The molecule has 0 unspecified atom stereocenters. The van der Waals surface area contributed by atoms with Gasteiger partial charge in [-0.1, -0.05) is 24.6 Å². The number of Topliss-reactive ketones (excluding diaryl/α,β-unsaturated/α-hetero) is 1. The SMILES string of the molecule is CC1(C)O[C@@H]2C[C@H]3[C@@H]4C[C@H](Cl)C5=CC(=O)C=C[C@]5(C)C4=CC[C@]3(C)[C@]2(C(=O)C(F)F)O1. The van der Waals surface area contributed by atoms with Crippen LogP contribution in [0.4, 0.5) is 8.78 Å². The van der Waals surface area contributed by atoms with Gasteiger partial charge in [0, 0.05) is 10.8 Å². The Hall–Kier alpha value is -1.37. The Morgan fingerprint density at radius 2 is 1.90 bits per heavy atom. The zero-order chi connectivity index (χ0) is 22.6. The minimum atomic E-state index is -3.13. The number of hydrogen-bond acceptors (Lipinski definition) is 4. The van der Waals surface area contributed by atoms with Crippen LogP contribution in [0.25, 0.3) is 0 Å². The molecule has 0 aromatic heterocycles. The summed E-state index contributed by atoms with van der Waals surface area (Å²) in [5.74, 6) is -2.47. The van der Waals surface area contributed by atoms with Gasteiger partial charge in [0.25, 0.3) is 6.43 Å². The molecule has 2 saturated carbocycles. The normalized spacial score (nSPS) is 47.3. The molecular formula is C24H27ClF2O4. The van der Waals surface area contributed by atoms with E-state index in [9.17, 15) is 18.4 Å². The van der Waals surface area contributed by atoms with Crippen LogP contribution in [0, 0.1) is 22.7 Å². The molecule has 3 fully saturated rings. The standard InChI is InChI=1S/C24H27ClF2O4/c1-21(2)30-18-11-15-13-10-17(25)16-9-12(28)5-7-22(16,3)14(13)6-8-23(15,4)24(18,31-21)19(29)20(26)27/h5-7,9,13,15,17-18,20H,8,10-11H2,1-4H3/t13-,15+,17+,18-,22-,23+,24+/m1/s1. The van der Waals surface area contributed by atoms with E-state index in [0.29, 0.717) is 19.3 Å². The van der Waals surface area contributed by atoms with E-state index in [1.807, 2.05) is 13.0 Å². The van der Waals surface area contributed by atoms with Gasteiger partial charge in [0.2, 0.25) is 5.78 Å². The Bertz CT molecular complexity index is 969. The molecular weight excluding hydrogens is 426 g/mol. The third-order valence-corrected chi connectivity index (χ3v) is 8.91. The summed E-state index contributed by atoms with van der Waals surface area (Å²) in [7, 11) is 0. The Kier molecular flexibility index (Phi) is 4.40. The summed E-state index contributed by atoms with van der Waals surface area (Å²) >= 11 is 6.78. The van der Waals surface area contributed by atoms with Crippen LogP contribution in [0.15, 0.2) is 35.5 Å².